The summed E-state index contributed by atoms with van der Waals surface area (Å²) in [6.07, 6.45) is 3.40. The number of hydrogen-bond acceptors (Lipinski definition) is 4. The quantitative estimate of drug-likeness (QED) is 0.577. The third-order valence-corrected chi connectivity index (χ3v) is 4.08. The van der Waals surface area contributed by atoms with E-state index in [1.54, 1.807) is 29.1 Å². The summed E-state index contributed by atoms with van der Waals surface area (Å²) in [7, 11) is 1.82. The summed E-state index contributed by atoms with van der Waals surface area (Å²) >= 11 is 0. The molecule has 1 aromatic heterocycles. The number of rotatable bonds is 9. The van der Waals surface area contributed by atoms with Crippen molar-refractivity contribution < 1.29 is 18.7 Å². The Hall–Kier alpha value is -3.19. The molecule has 3 aromatic rings. The molecule has 0 saturated heterocycles. The first kappa shape index (κ1) is 19.6. The van der Waals surface area contributed by atoms with Crippen molar-refractivity contribution in [2.24, 2.45) is 7.05 Å². The van der Waals surface area contributed by atoms with E-state index in [9.17, 15) is 9.18 Å². The number of nitrogens with zero attached hydrogens (tertiary/aromatic N) is 2. The molecule has 28 heavy (non-hydrogen) atoms. The summed E-state index contributed by atoms with van der Waals surface area (Å²) in [5, 5.41) is 2.86. The number of carbonyl (C=O) groups excluding carboxylic acids is 1. The molecule has 1 atom stereocenters. The zero-order valence-corrected chi connectivity index (χ0v) is 15.5. The zero-order valence-electron chi connectivity index (χ0n) is 15.5. The lowest BCUT2D eigenvalue weighted by Gasteiger charge is -2.19. The molecule has 2 aromatic carbocycles. The first-order valence-electron chi connectivity index (χ1n) is 8.91. The van der Waals surface area contributed by atoms with E-state index in [0.29, 0.717) is 18.0 Å². The summed E-state index contributed by atoms with van der Waals surface area (Å²) in [6.45, 7) is 0.480. The van der Waals surface area contributed by atoms with E-state index in [2.05, 4.69) is 10.3 Å². The Morgan fingerprint density at radius 2 is 2.00 bits per heavy atom. The van der Waals surface area contributed by atoms with Gasteiger partial charge in [-0.15, -0.1) is 0 Å². The van der Waals surface area contributed by atoms with E-state index < -0.39 is 6.04 Å². The van der Waals surface area contributed by atoms with Crippen molar-refractivity contribution in [3.8, 4) is 5.75 Å². The highest BCUT2D eigenvalue weighted by Gasteiger charge is 2.21. The summed E-state index contributed by atoms with van der Waals surface area (Å²) in [5.74, 6) is 0.653. The van der Waals surface area contributed by atoms with Crippen LogP contribution in [0.1, 0.15) is 17.4 Å². The highest BCUT2D eigenvalue weighted by molar-refractivity contribution is 5.78. The molecule has 0 saturated carbocycles. The van der Waals surface area contributed by atoms with Crippen LogP contribution in [0.15, 0.2) is 67.0 Å². The summed E-state index contributed by atoms with van der Waals surface area (Å²) < 4.78 is 26.3. The van der Waals surface area contributed by atoms with Gasteiger partial charge in [-0.2, -0.15) is 0 Å². The van der Waals surface area contributed by atoms with Crippen molar-refractivity contribution >= 4 is 5.91 Å². The molecule has 146 valence electrons. The van der Waals surface area contributed by atoms with Gasteiger partial charge < -0.3 is 19.4 Å². The van der Waals surface area contributed by atoms with Gasteiger partial charge in [-0.3, -0.25) is 4.79 Å². The minimum atomic E-state index is -0.577. The van der Waals surface area contributed by atoms with Gasteiger partial charge >= 0.3 is 0 Å². The Labute approximate surface area is 162 Å². The largest absolute Gasteiger partial charge is 0.491 e. The van der Waals surface area contributed by atoms with Crippen molar-refractivity contribution in [2.45, 2.75) is 6.04 Å². The minimum absolute atomic E-state index is 0.131. The van der Waals surface area contributed by atoms with Crippen LogP contribution in [0.3, 0.4) is 0 Å². The van der Waals surface area contributed by atoms with Crippen molar-refractivity contribution in [2.75, 3.05) is 19.8 Å². The van der Waals surface area contributed by atoms with Gasteiger partial charge in [0.15, 0.2) is 0 Å². The van der Waals surface area contributed by atoms with Gasteiger partial charge in [0.2, 0.25) is 5.91 Å². The molecule has 1 unspecified atom stereocenters. The van der Waals surface area contributed by atoms with Crippen LogP contribution in [0.4, 0.5) is 4.39 Å². The third-order valence-electron chi connectivity index (χ3n) is 4.08. The number of halogens is 1. The van der Waals surface area contributed by atoms with Crippen LogP contribution < -0.4 is 10.1 Å². The molecule has 0 aliphatic heterocycles. The Kier molecular flexibility index (Phi) is 6.75. The monoisotopic (exact) mass is 383 g/mol. The number of amides is 1. The maximum atomic E-state index is 13.7. The molecule has 1 amide bonds. The first-order chi connectivity index (χ1) is 13.6. The van der Waals surface area contributed by atoms with Crippen LogP contribution in [-0.2, 0) is 16.6 Å². The number of para-hydroxylation sites is 1. The Morgan fingerprint density at radius 3 is 2.71 bits per heavy atom. The lowest BCUT2D eigenvalue weighted by atomic mass is 10.1. The molecule has 7 heteroatoms. The lowest BCUT2D eigenvalue weighted by molar-refractivity contribution is -0.126. The van der Waals surface area contributed by atoms with Crippen LogP contribution in [0, 0.1) is 5.82 Å². The second-order valence-corrected chi connectivity index (χ2v) is 6.17. The fourth-order valence-corrected chi connectivity index (χ4v) is 2.74. The van der Waals surface area contributed by atoms with Crippen LogP contribution in [-0.4, -0.2) is 35.3 Å². The zero-order chi connectivity index (χ0) is 19.8. The molecule has 0 fully saturated rings. The average molecular weight is 383 g/mol. The van der Waals surface area contributed by atoms with E-state index in [-0.39, 0.29) is 24.9 Å². The van der Waals surface area contributed by atoms with Crippen LogP contribution in [0.25, 0.3) is 0 Å². The number of hydrogen-bond donors (Lipinski definition) is 1. The van der Waals surface area contributed by atoms with Crippen molar-refractivity contribution in [1.29, 1.82) is 0 Å². The average Bonchev–Trinajstić information content (AvgIpc) is 3.12. The summed E-state index contributed by atoms with van der Waals surface area (Å²) in [5.41, 5.74) is 0.607. The summed E-state index contributed by atoms with van der Waals surface area (Å²) in [6, 6.07) is 14.9. The number of aromatic nitrogens is 2. The normalized spacial score (nSPS) is 11.8. The Balaban J connectivity index is 1.54. The molecular weight excluding hydrogens is 361 g/mol. The van der Waals surface area contributed by atoms with E-state index in [1.165, 1.54) is 12.1 Å². The van der Waals surface area contributed by atoms with E-state index >= 15 is 0 Å². The maximum Gasteiger partial charge on any atom is 0.246 e. The first-order valence-corrected chi connectivity index (χ1v) is 8.91. The van der Waals surface area contributed by atoms with Crippen LogP contribution >= 0.6 is 0 Å². The smallest absolute Gasteiger partial charge is 0.246 e. The molecule has 0 spiro atoms. The molecule has 0 aliphatic rings. The number of nitrogens with one attached hydrogen (secondary N) is 1. The number of benzene rings is 2. The standard InChI is InChI=1S/C21H22FN3O3/c1-25-11-10-23-21(25)20(16-6-5-7-17(22)14-16)24-19(26)15-27-12-13-28-18-8-3-2-4-9-18/h2-11,14,20H,12-13,15H2,1H3,(H,24,26). The number of aryl methyl sites for hydroxylation is 1. The van der Waals surface area contributed by atoms with Gasteiger partial charge in [-0.25, -0.2) is 9.37 Å². The van der Waals surface area contributed by atoms with Gasteiger partial charge in [0.25, 0.3) is 0 Å². The second-order valence-electron chi connectivity index (χ2n) is 6.17. The van der Waals surface area contributed by atoms with Gasteiger partial charge in [0, 0.05) is 19.4 Å². The van der Waals surface area contributed by atoms with Gasteiger partial charge in [-0.1, -0.05) is 30.3 Å². The Bertz CT molecular complexity index is 899. The molecule has 0 aliphatic carbocycles. The van der Waals surface area contributed by atoms with E-state index in [4.69, 9.17) is 9.47 Å². The number of carbonyl (C=O) groups is 1. The Morgan fingerprint density at radius 1 is 1.18 bits per heavy atom. The predicted molar refractivity (Wildman–Crippen MR) is 102 cm³/mol. The van der Waals surface area contributed by atoms with Crippen molar-refractivity contribution in [1.82, 2.24) is 14.9 Å². The molecule has 0 bridgehead atoms. The molecule has 1 N–H and O–H groups in total. The number of imidazole rings is 1. The van der Waals surface area contributed by atoms with Crippen molar-refractivity contribution in [3.63, 3.8) is 0 Å². The molecule has 1 heterocycles. The fraction of sp³-hybridized carbons (Fsp3) is 0.238. The van der Waals surface area contributed by atoms with E-state index in [1.807, 2.05) is 37.4 Å². The third kappa shape index (κ3) is 5.40. The molecule has 0 radical (unpaired) electrons. The fourth-order valence-electron chi connectivity index (χ4n) is 2.74. The molecule has 6 nitrogen and oxygen atoms in total. The van der Waals surface area contributed by atoms with Gasteiger partial charge in [-0.05, 0) is 29.8 Å². The minimum Gasteiger partial charge on any atom is -0.491 e. The second kappa shape index (κ2) is 9.66. The highest BCUT2D eigenvalue weighted by Crippen LogP contribution is 2.21. The van der Waals surface area contributed by atoms with Crippen LogP contribution in [0.2, 0.25) is 0 Å². The topological polar surface area (TPSA) is 65.4 Å². The lowest BCUT2D eigenvalue weighted by Crippen LogP contribution is -2.34. The molecular formula is C21H22FN3O3. The SMILES string of the molecule is Cn1ccnc1C(NC(=O)COCCOc1ccccc1)c1cccc(F)c1. The number of ether oxygens (including phenoxy) is 2. The van der Waals surface area contributed by atoms with Crippen LogP contribution in [0.5, 0.6) is 5.75 Å². The predicted octanol–water partition coefficient (Wildman–Crippen LogP) is 2.86. The summed E-state index contributed by atoms with van der Waals surface area (Å²) in [4.78, 5) is 16.6. The maximum absolute atomic E-state index is 13.7. The molecule has 3 rings (SSSR count). The van der Waals surface area contributed by atoms with E-state index in [0.717, 1.165) is 5.75 Å². The van der Waals surface area contributed by atoms with Crippen molar-refractivity contribution in [3.05, 3.63) is 84.2 Å². The van der Waals surface area contributed by atoms with Gasteiger partial charge in [0.05, 0.1) is 6.61 Å². The highest BCUT2D eigenvalue weighted by atomic mass is 19.1. The van der Waals surface area contributed by atoms with Gasteiger partial charge in [0.1, 0.15) is 36.6 Å².